The first-order chi connectivity index (χ1) is 15.2. The van der Waals surface area contributed by atoms with Crippen LogP contribution in [0.15, 0.2) is 60.7 Å². The molecule has 2 unspecified atom stereocenters. The summed E-state index contributed by atoms with van der Waals surface area (Å²) in [5.41, 5.74) is 1.15. The van der Waals surface area contributed by atoms with E-state index in [0.29, 0.717) is 24.0 Å². The molecule has 2 atom stereocenters. The molecule has 0 saturated carbocycles. The van der Waals surface area contributed by atoms with Gasteiger partial charge in [-0.05, 0) is 30.5 Å². The van der Waals surface area contributed by atoms with Crippen LogP contribution in [-0.2, 0) is 9.59 Å². The molecule has 1 aliphatic rings. The van der Waals surface area contributed by atoms with E-state index in [1.165, 1.54) is 4.90 Å². The number of rotatable bonds is 7. The maximum absolute atomic E-state index is 13.0. The van der Waals surface area contributed by atoms with Gasteiger partial charge in [-0.15, -0.1) is 0 Å². The van der Waals surface area contributed by atoms with Gasteiger partial charge in [-0.25, -0.2) is 0 Å². The Kier molecular flexibility index (Phi) is 7.50. The number of alkyl halides is 3. The Morgan fingerprint density at radius 2 is 1.62 bits per heavy atom. The molecule has 2 N–H and O–H groups in total. The lowest BCUT2D eigenvalue weighted by Crippen LogP contribution is -2.48. The monoisotopic (exact) mass is 447 g/mol. The van der Waals surface area contributed by atoms with Crippen molar-refractivity contribution in [2.24, 2.45) is 0 Å². The fraction of sp³-hybridized carbons (Fsp3) is 0.348. The molecule has 1 fully saturated rings. The molecule has 9 heteroatoms. The number of halogens is 3. The van der Waals surface area contributed by atoms with Gasteiger partial charge < -0.3 is 15.5 Å². The van der Waals surface area contributed by atoms with E-state index < -0.39 is 36.6 Å². The van der Waals surface area contributed by atoms with E-state index in [2.05, 4.69) is 5.32 Å². The molecular weight excluding hydrogens is 423 g/mol. The molecule has 3 rings (SSSR count). The number of hydrogen-bond acceptors (Lipinski definition) is 3. The first-order valence-electron chi connectivity index (χ1n) is 10.3. The Morgan fingerprint density at radius 3 is 2.25 bits per heavy atom. The summed E-state index contributed by atoms with van der Waals surface area (Å²) in [5, 5.41) is 4.72. The standard InChI is InChI=1S/C23H24F3N3O3/c24-23(25,26)15-27-22(32)19-12-7-13-29(19)20(30)14-18(16-8-3-1-4-9-16)28-21(31)17-10-5-2-6-11-17/h1-6,8-11,18-19H,7,12-15H2,(H,27,32)(H,28,31). The lowest BCUT2D eigenvalue weighted by atomic mass is 10.0. The predicted octanol–water partition coefficient (Wildman–Crippen LogP) is 3.22. The van der Waals surface area contributed by atoms with Crippen molar-refractivity contribution in [1.29, 1.82) is 0 Å². The maximum atomic E-state index is 13.0. The molecule has 0 bridgehead atoms. The van der Waals surface area contributed by atoms with Gasteiger partial charge in [-0.1, -0.05) is 48.5 Å². The van der Waals surface area contributed by atoms with Crippen molar-refractivity contribution in [3.8, 4) is 0 Å². The minimum Gasteiger partial charge on any atom is -0.345 e. The van der Waals surface area contributed by atoms with Crippen LogP contribution in [0.3, 0.4) is 0 Å². The summed E-state index contributed by atoms with van der Waals surface area (Å²) in [6.07, 6.45) is -3.83. The summed E-state index contributed by atoms with van der Waals surface area (Å²) in [7, 11) is 0. The molecular formula is C23H24F3N3O3. The SMILES string of the molecule is O=C(NC(CC(=O)N1CCCC1C(=O)NCC(F)(F)F)c1ccccc1)c1ccccc1. The quantitative estimate of drug-likeness (QED) is 0.684. The van der Waals surface area contributed by atoms with Crippen molar-refractivity contribution in [2.45, 2.75) is 37.5 Å². The number of likely N-dealkylation sites (tertiary alicyclic amines) is 1. The van der Waals surface area contributed by atoms with Crippen molar-refractivity contribution in [2.75, 3.05) is 13.1 Å². The van der Waals surface area contributed by atoms with Gasteiger partial charge in [0.05, 0.1) is 12.5 Å². The van der Waals surface area contributed by atoms with Gasteiger partial charge in [0.15, 0.2) is 0 Å². The van der Waals surface area contributed by atoms with Crippen LogP contribution in [0.4, 0.5) is 13.2 Å². The van der Waals surface area contributed by atoms with Gasteiger partial charge in [-0.2, -0.15) is 13.2 Å². The Labute approximate surface area is 183 Å². The van der Waals surface area contributed by atoms with Crippen molar-refractivity contribution >= 4 is 17.7 Å². The first-order valence-corrected chi connectivity index (χ1v) is 10.3. The second kappa shape index (κ2) is 10.3. The molecule has 6 nitrogen and oxygen atoms in total. The average Bonchev–Trinajstić information content (AvgIpc) is 3.28. The molecule has 0 aromatic heterocycles. The van der Waals surface area contributed by atoms with Crippen LogP contribution in [0.25, 0.3) is 0 Å². The van der Waals surface area contributed by atoms with Gasteiger partial charge in [0, 0.05) is 12.1 Å². The van der Waals surface area contributed by atoms with Gasteiger partial charge >= 0.3 is 6.18 Å². The van der Waals surface area contributed by atoms with Crippen molar-refractivity contribution in [3.63, 3.8) is 0 Å². The Hall–Kier alpha value is -3.36. The van der Waals surface area contributed by atoms with E-state index in [1.54, 1.807) is 54.6 Å². The number of nitrogens with one attached hydrogen (secondary N) is 2. The molecule has 0 aliphatic carbocycles. The van der Waals surface area contributed by atoms with Crippen LogP contribution in [0.5, 0.6) is 0 Å². The van der Waals surface area contributed by atoms with Crippen LogP contribution >= 0.6 is 0 Å². The molecule has 1 saturated heterocycles. The smallest absolute Gasteiger partial charge is 0.345 e. The lowest BCUT2D eigenvalue weighted by molar-refractivity contribution is -0.145. The molecule has 32 heavy (non-hydrogen) atoms. The molecule has 2 aromatic carbocycles. The second-order valence-corrected chi connectivity index (χ2v) is 7.59. The summed E-state index contributed by atoms with van der Waals surface area (Å²) < 4.78 is 37.3. The van der Waals surface area contributed by atoms with E-state index in [1.807, 2.05) is 11.4 Å². The third-order valence-corrected chi connectivity index (χ3v) is 5.26. The Morgan fingerprint density at radius 1 is 1.00 bits per heavy atom. The minimum atomic E-state index is -4.52. The Bertz CT molecular complexity index is 936. The van der Waals surface area contributed by atoms with E-state index in [9.17, 15) is 27.6 Å². The zero-order chi connectivity index (χ0) is 23.1. The minimum absolute atomic E-state index is 0.119. The number of hydrogen-bond donors (Lipinski definition) is 2. The third kappa shape index (κ3) is 6.32. The van der Waals surface area contributed by atoms with Crippen LogP contribution in [-0.4, -0.2) is 47.9 Å². The first kappa shape index (κ1) is 23.3. The number of carbonyl (C=O) groups excluding carboxylic acids is 3. The van der Waals surface area contributed by atoms with Gasteiger partial charge in [0.25, 0.3) is 5.91 Å². The molecule has 1 aliphatic heterocycles. The fourth-order valence-corrected chi connectivity index (χ4v) is 3.70. The number of benzene rings is 2. The molecule has 0 spiro atoms. The van der Waals surface area contributed by atoms with Crippen LogP contribution in [0.1, 0.15) is 41.2 Å². The lowest BCUT2D eigenvalue weighted by Gasteiger charge is -2.27. The molecule has 0 radical (unpaired) electrons. The molecule has 1 heterocycles. The second-order valence-electron chi connectivity index (χ2n) is 7.59. The summed E-state index contributed by atoms with van der Waals surface area (Å²) in [6.45, 7) is -1.17. The molecule has 3 amide bonds. The molecule has 170 valence electrons. The van der Waals surface area contributed by atoms with Gasteiger partial charge in [0.2, 0.25) is 11.8 Å². The average molecular weight is 447 g/mol. The van der Waals surface area contributed by atoms with Crippen LogP contribution < -0.4 is 10.6 Å². The zero-order valence-corrected chi connectivity index (χ0v) is 17.3. The van der Waals surface area contributed by atoms with Gasteiger partial charge in [-0.3, -0.25) is 14.4 Å². The summed E-state index contributed by atoms with van der Waals surface area (Å²) >= 11 is 0. The van der Waals surface area contributed by atoms with Crippen molar-refractivity contribution < 1.29 is 27.6 Å². The normalized spacial score (nSPS) is 17.0. The van der Waals surface area contributed by atoms with Crippen LogP contribution in [0.2, 0.25) is 0 Å². The van der Waals surface area contributed by atoms with Crippen molar-refractivity contribution in [1.82, 2.24) is 15.5 Å². The summed E-state index contributed by atoms with van der Waals surface area (Å²) in [4.78, 5) is 39.3. The van der Waals surface area contributed by atoms with Crippen molar-refractivity contribution in [3.05, 3.63) is 71.8 Å². The van der Waals surface area contributed by atoms with E-state index >= 15 is 0 Å². The highest BCUT2D eigenvalue weighted by Gasteiger charge is 2.37. The highest BCUT2D eigenvalue weighted by Crippen LogP contribution is 2.24. The van der Waals surface area contributed by atoms with E-state index in [-0.39, 0.29) is 18.9 Å². The number of carbonyl (C=O) groups is 3. The zero-order valence-electron chi connectivity index (χ0n) is 17.3. The third-order valence-electron chi connectivity index (χ3n) is 5.26. The Balaban J connectivity index is 1.71. The van der Waals surface area contributed by atoms with Gasteiger partial charge in [0.1, 0.15) is 12.6 Å². The van der Waals surface area contributed by atoms with E-state index in [0.717, 1.165) is 0 Å². The highest BCUT2D eigenvalue weighted by atomic mass is 19.4. The summed E-state index contributed by atoms with van der Waals surface area (Å²) in [6, 6.07) is 15.9. The van der Waals surface area contributed by atoms with Crippen LogP contribution in [0, 0.1) is 0 Å². The highest BCUT2D eigenvalue weighted by molar-refractivity contribution is 5.95. The van der Waals surface area contributed by atoms with E-state index in [4.69, 9.17) is 0 Å². The number of nitrogens with zero attached hydrogens (tertiary/aromatic N) is 1. The largest absolute Gasteiger partial charge is 0.405 e. The number of amides is 3. The summed E-state index contributed by atoms with van der Waals surface area (Å²) in [5.74, 6) is -1.58. The predicted molar refractivity (Wildman–Crippen MR) is 112 cm³/mol. The molecule has 2 aromatic rings. The maximum Gasteiger partial charge on any atom is 0.405 e. The fourth-order valence-electron chi connectivity index (χ4n) is 3.70. The topological polar surface area (TPSA) is 78.5 Å².